The number of carbonyl (C=O) groups excluding carboxylic acids is 2. The molecule has 0 spiro atoms. The molecule has 0 bridgehead atoms. The van der Waals surface area contributed by atoms with E-state index in [0.29, 0.717) is 5.57 Å². The Kier molecular flexibility index (Phi) is 11.3. The smallest absolute Gasteiger partial charge is 0.345 e. The zero-order valence-electron chi connectivity index (χ0n) is 25.9. The van der Waals surface area contributed by atoms with Crippen LogP contribution in [0.4, 0.5) is 9.59 Å². The monoisotopic (exact) mass is 665 g/mol. The third-order valence-corrected chi connectivity index (χ3v) is 12.7. The Labute approximate surface area is 257 Å². The van der Waals surface area contributed by atoms with E-state index in [4.69, 9.17) is 24.3 Å². The first-order chi connectivity index (χ1) is 20.7. The topological polar surface area (TPSA) is 195 Å². The molecular weight excluding hydrogens is 620 g/mol. The molecule has 0 aromatic heterocycles. The van der Waals surface area contributed by atoms with E-state index in [9.17, 15) is 23.8 Å². The Hall–Kier alpha value is -1.92. The van der Waals surface area contributed by atoms with Crippen molar-refractivity contribution in [3.05, 3.63) is 24.0 Å². The SMILES string of the molecule is CCOP(=O)(N(C)C)N1C[C@@H](COP(=O)(N(C)C)N2CCO[C@@H](N3C=C(C)C(O)NC3=O)C2)O[C@@H](N2C=CC(N)NC2=O)C1. The molecule has 4 amide bonds. The van der Waals surface area contributed by atoms with Crippen molar-refractivity contribution in [3.63, 3.8) is 0 Å². The zero-order valence-corrected chi connectivity index (χ0v) is 27.7. The molecule has 18 nitrogen and oxygen atoms in total. The van der Waals surface area contributed by atoms with Gasteiger partial charge in [-0.15, -0.1) is 0 Å². The van der Waals surface area contributed by atoms with Crippen molar-refractivity contribution in [2.75, 3.05) is 74.2 Å². The first kappa shape index (κ1) is 34.9. The third kappa shape index (κ3) is 7.38. The molecule has 4 aliphatic rings. The highest BCUT2D eigenvalue weighted by Crippen LogP contribution is 2.55. The van der Waals surface area contributed by atoms with E-state index in [1.54, 1.807) is 57.5 Å². The standard InChI is InChI=1S/C24H45N9O9P2/c1-7-40-44(38,29(5)6)31-13-18(42-21(15-31)32-9-8-19(25)26-23(32)35)16-41-43(37,28(3)4)30-10-11-39-20(14-30)33-12-17(2)22(34)27-24(33)36/h8-9,12,18-22,34H,7,10-11,13-16,25H2,1-6H3,(H,26,35)(H,27,36)/t18-,19?,20+,21+,22?,43?,44?/m0/s1. The Balaban J connectivity index is 1.54. The normalized spacial score (nSPS) is 31.9. The number of amides is 4. The van der Waals surface area contributed by atoms with Crippen molar-refractivity contribution in [1.29, 1.82) is 0 Å². The van der Waals surface area contributed by atoms with E-state index in [1.165, 1.54) is 31.5 Å². The number of nitrogens with zero attached hydrogens (tertiary/aromatic N) is 6. The van der Waals surface area contributed by atoms with Crippen LogP contribution in [0.1, 0.15) is 13.8 Å². The number of hydrogen-bond donors (Lipinski definition) is 4. The lowest BCUT2D eigenvalue weighted by molar-refractivity contribution is -0.126. The van der Waals surface area contributed by atoms with Crippen molar-refractivity contribution in [1.82, 2.24) is 39.1 Å². The molecule has 7 atom stereocenters. The number of aliphatic hydroxyl groups is 1. The van der Waals surface area contributed by atoms with Crippen LogP contribution in [0.3, 0.4) is 0 Å². The second kappa shape index (κ2) is 14.2. The van der Waals surface area contributed by atoms with Crippen LogP contribution < -0.4 is 16.4 Å². The van der Waals surface area contributed by atoms with Gasteiger partial charge in [0.2, 0.25) is 0 Å². The van der Waals surface area contributed by atoms with Crippen LogP contribution in [-0.2, 0) is 27.7 Å². The van der Waals surface area contributed by atoms with Gasteiger partial charge in [-0.1, -0.05) is 0 Å². The van der Waals surface area contributed by atoms with E-state index in [1.807, 2.05) is 0 Å². The molecule has 2 fully saturated rings. The Bertz CT molecular complexity index is 1220. The summed E-state index contributed by atoms with van der Waals surface area (Å²) >= 11 is 0. The Morgan fingerprint density at radius 2 is 1.64 bits per heavy atom. The lowest BCUT2D eigenvalue weighted by Crippen LogP contribution is -2.59. The lowest BCUT2D eigenvalue weighted by Gasteiger charge is -2.46. The molecule has 0 aliphatic carbocycles. The Morgan fingerprint density at radius 1 is 1.00 bits per heavy atom. The van der Waals surface area contributed by atoms with Crippen molar-refractivity contribution >= 4 is 27.4 Å². The van der Waals surface area contributed by atoms with Gasteiger partial charge in [-0.2, -0.15) is 0 Å². The first-order valence-corrected chi connectivity index (χ1v) is 17.4. The number of morpholine rings is 2. The molecule has 20 heteroatoms. The van der Waals surface area contributed by atoms with Gasteiger partial charge in [0.25, 0.3) is 0 Å². The van der Waals surface area contributed by atoms with E-state index >= 15 is 0 Å². The molecule has 2 saturated heterocycles. The molecule has 250 valence electrons. The molecule has 4 heterocycles. The minimum absolute atomic E-state index is 0.0577. The maximum Gasteiger partial charge on any atom is 0.345 e. The van der Waals surface area contributed by atoms with Gasteiger partial charge in [0.1, 0.15) is 0 Å². The third-order valence-electron chi connectivity index (χ3n) is 7.48. The number of aliphatic hydroxyl groups excluding tert-OH is 1. The summed E-state index contributed by atoms with van der Waals surface area (Å²) in [5.74, 6) is 0. The van der Waals surface area contributed by atoms with Crippen LogP contribution >= 0.6 is 15.3 Å². The molecule has 0 radical (unpaired) electrons. The van der Waals surface area contributed by atoms with Crippen LogP contribution in [-0.4, -0.2) is 151 Å². The number of ether oxygens (including phenoxy) is 2. The highest BCUT2D eigenvalue weighted by atomic mass is 31.2. The van der Waals surface area contributed by atoms with Crippen LogP contribution in [0, 0.1) is 0 Å². The van der Waals surface area contributed by atoms with Crippen LogP contribution in [0.5, 0.6) is 0 Å². The highest BCUT2D eigenvalue weighted by molar-refractivity contribution is 7.54. The number of hydrogen-bond acceptors (Lipinski definition) is 10. The minimum Gasteiger partial charge on any atom is -0.370 e. The molecule has 4 rings (SSSR count). The van der Waals surface area contributed by atoms with Gasteiger partial charge < -0.3 is 40.0 Å². The molecule has 4 aliphatic heterocycles. The molecule has 0 aromatic carbocycles. The van der Waals surface area contributed by atoms with E-state index in [0.717, 1.165) is 0 Å². The average Bonchev–Trinajstić information content (AvgIpc) is 2.97. The fourth-order valence-corrected chi connectivity index (χ4v) is 9.04. The van der Waals surface area contributed by atoms with Crippen molar-refractivity contribution < 1.29 is 42.3 Å². The maximum absolute atomic E-state index is 14.4. The largest absolute Gasteiger partial charge is 0.370 e. The van der Waals surface area contributed by atoms with Gasteiger partial charge in [-0.25, -0.2) is 28.3 Å². The summed E-state index contributed by atoms with van der Waals surface area (Å²) in [4.78, 5) is 28.0. The first-order valence-electron chi connectivity index (χ1n) is 14.3. The summed E-state index contributed by atoms with van der Waals surface area (Å²) in [7, 11) is -0.692. The Morgan fingerprint density at radius 3 is 2.27 bits per heavy atom. The minimum atomic E-state index is -3.71. The number of carbonyl (C=O) groups is 2. The number of nitrogens with one attached hydrogen (secondary N) is 2. The van der Waals surface area contributed by atoms with Gasteiger partial charge in [-0.05, 0) is 53.7 Å². The molecular formula is C24H45N9O9P2. The van der Waals surface area contributed by atoms with Crippen molar-refractivity contribution in [2.45, 2.75) is 44.8 Å². The summed E-state index contributed by atoms with van der Waals surface area (Å²) in [6.07, 6.45) is 0.415. The molecule has 44 heavy (non-hydrogen) atoms. The molecule has 0 saturated carbocycles. The summed E-state index contributed by atoms with van der Waals surface area (Å²) in [6.45, 7) is 4.07. The van der Waals surface area contributed by atoms with E-state index in [-0.39, 0.29) is 46.0 Å². The summed E-state index contributed by atoms with van der Waals surface area (Å²) in [5.41, 5.74) is 6.34. The second-order valence-corrected chi connectivity index (χ2v) is 16.3. The molecule has 5 N–H and O–H groups in total. The predicted octanol–water partition coefficient (Wildman–Crippen LogP) is 0.135. The second-order valence-electron chi connectivity index (χ2n) is 11.1. The lowest BCUT2D eigenvalue weighted by atomic mass is 10.2. The van der Waals surface area contributed by atoms with Gasteiger partial charge in [0.15, 0.2) is 18.7 Å². The van der Waals surface area contributed by atoms with Crippen molar-refractivity contribution in [2.24, 2.45) is 5.73 Å². The van der Waals surface area contributed by atoms with Crippen molar-refractivity contribution in [3.8, 4) is 0 Å². The van der Waals surface area contributed by atoms with E-state index in [2.05, 4.69) is 10.6 Å². The average molecular weight is 666 g/mol. The predicted molar refractivity (Wildman–Crippen MR) is 159 cm³/mol. The quantitative estimate of drug-likeness (QED) is 0.218. The zero-order chi connectivity index (χ0) is 32.4. The summed E-state index contributed by atoms with van der Waals surface area (Å²) < 4.78 is 58.7. The number of urea groups is 2. The number of rotatable bonds is 11. The molecule has 0 aromatic rings. The van der Waals surface area contributed by atoms with Gasteiger partial charge >= 0.3 is 27.4 Å². The highest BCUT2D eigenvalue weighted by Gasteiger charge is 2.46. The van der Waals surface area contributed by atoms with Crippen LogP contribution in [0.15, 0.2) is 24.0 Å². The fraction of sp³-hybridized carbons (Fsp3) is 0.750. The maximum atomic E-state index is 14.4. The molecule has 4 unspecified atom stereocenters. The summed E-state index contributed by atoms with van der Waals surface area (Å²) in [6, 6.07) is -1.03. The van der Waals surface area contributed by atoms with Crippen LogP contribution in [0.2, 0.25) is 0 Å². The van der Waals surface area contributed by atoms with Gasteiger partial charge in [0, 0.05) is 25.5 Å². The van der Waals surface area contributed by atoms with E-state index < -0.39 is 58.4 Å². The van der Waals surface area contributed by atoms with Gasteiger partial charge in [0.05, 0.1) is 45.2 Å². The van der Waals surface area contributed by atoms with Crippen LogP contribution in [0.25, 0.3) is 0 Å². The number of nitrogens with two attached hydrogens (primary N) is 1. The summed E-state index contributed by atoms with van der Waals surface area (Å²) in [5, 5.41) is 15.0. The fourth-order valence-electron chi connectivity index (χ4n) is 5.13. The van der Waals surface area contributed by atoms with Gasteiger partial charge in [-0.3, -0.25) is 18.9 Å².